The minimum Gasteiger partial charge on any atom is -0.511 e. The second-order valence-electron chi connectivity index (χ2n) is 11.1. The molecule has 238 valence electrons. The van der Waals surface area contributed by atoms with Gasteiger partial charge in [-0.1, -0.05) is 0 Å². The topological polar surface area (TPSA) is 212 Å². The molecule has 45 heavy (non-hydrogen) atoms. The zero-order valence-electron chi connectivity index (χ0n) is 23.7. The van der Waals surface area contributed by atoms with Crippen molar-refractivity contribution in [3.8, 4) is 11.5 Å². The number of hydrogen-bond acceptors (Lipinski definition) is 10. The molecule has 5 rings (SSSR count). The van der Waals surface area contributed by atoms with Crippen LogP contribution in [0.1, 0.15) is 28.8 Å². The van der Waals surface area contributed by atoms with E-state index in [1.807, 2.05) is 0 Å². The summed E-state index contributed by atoms with van der Waals surface area (Å²) < 4.78 is 41.1. The van der Waals surface area contributed by atoms with Crippen LogP contribution < -0.4 is 26.0 Å². The molecule has 16 heteroatoms. The molecule has 2 aromatic rings. The number of primary amides is 1. The first-order valence-electron chi connectivity index (χ1n) is 13.4. The van der Waals surface area contributed by atoms with Crippen LogP contribution in [-0.2, 0) is 16.0 Å². The molecular formula is C29H27F3N4O9. The number of carbonyl (C=O) groups excluding carboxylic acids is 4. The lowest BCUT2D eigenvalue weighted by molar-refractivity contribution is -0.274. The quantitative estimate of drug-likeness (QED) is 0.189. The molecule has 3 aliphatic rings. The van der Waals surface area contributed by atoms with Crippen molar-refractivity contribution in [1.82, 2.24) is 0 Å². The third-order valence-electron chi connectivity index (χ3n) is 8.11. The van der Waals surface area contributed by atoms with E-state index in [1.165, 1.54) is 6.07 Å². The molecule has 3 aliphatic carbocycles. The molecule has 2 aromatic carbocycles. The Morgan fingerprint density at radius 1 is 1.07 bits per heavy atom. The summed E-state index contributed by atoms with van der Waals surface area (Å²) in [6, 6.07) is 4.70. The molecule has 0 unspecified atom stereocenters. The van der Waals surface area contributed by atoms with Gasteiger partial charge in [-0.15, -0.1) is 13.2 Å². The third kappa shape index (κ3) is 5.26. The van der Waals surface area contributed by atoms with Crippen LogP contribution in [0.4, 0.5) is 35.0 Å². The number of Topliss-reactive ketones (excluding diaryl/α,β-unsaturated/α-hetero) is 2. The van der Waals surface area contributed by atoms with Gasteiger partial charge in [0.1, 0.15) is 22.8 Å². The Kier molecular flexibility index (Phi) is 7.43. The van der Waals surface area contributed by atoms with Crippen molar-refractivity contribution in [2.24, 2.45) is 17.6 Å². The summed E-state index contributed by atoms with van der Waals surface area (Å²) in [5.41, 5.74) is 1.48. The number of nitrogens with one attached hydrogen (secondary N) is 2. The zero-order chi connectivity index (χ0) is 33.2. The average Bonchev–Trinajstić information content (AvgIpc) is 2.92. The Labute approximate surface area is 252 Å². The van der Waals surface area contributed by atoms with Crippen molar-refractivity contribution >= 4 is 40.6 Å². The fourth-order valence-electron chi connectivity index (χ4n) is 6.19. The lowest BCUT2D eigenvalue weighted by atomic mass is 9.60. The van der Waals surface area contributed by atoms with Crippen molar-refractivity contribution < 1.29 is 57.5 Å². The molecule has 0 heterocycles. The lowest BCUT2D eigenvalue weighted by Crippen LogP contribution is -2.57. The SMILES string of the molecule is CN(C)c1cc(NC(=O)Nc2ccc(OC(F)(F)F)cc2)c(O)c2c1C[C@H]1C[C@H]3CC(O)=C(C(N)=O)C(=O)[C@@]3(O)C(O)=C1C2=O. The summed E-state index contributed by atoms with van der Waals surface area (Å²) in [7, 11) is 3.28. The smallest absolute Gasteiger partial charge is 0.511 e. The van der Waals surface area contributed by atoms with Crippen molar-refractivity contribution in [3.05, 3.63) is 64.1 Å². The van der Waals surface area contributed by atoms with Crippen LogP contribution in [0.25, 0.3) is 0 Å². The van der Waals surface area contributed by atoms with Crippen molar-refractivity contribution in [3.63, 3.8) is 0 Å². The molecule has 3 atom stereocenters. The van der Waals surface area contributed by atoms with Gasteiger partial charge in [0, 0.05) is 43.4 Å². The number of phenols is 1. The van der Waals surface area contributed by atoms with Crippen molar-refractivity contribution in [2.45, 2.75) is 31.2 Å². The predicted octanol–water partition coefficient (Wildman–Crippen LogP) is 3.19. The Bertz CT molecular complexity index is 1720. The monoisotopic (exact) mass is 632 g/mol. The van der Waals surface area contributed by atoms with E-state index >= 15 is 0 Å². The zero-order valence-corrected chi connectivity index (χ0v) is 23.7. The standard InChI is InChI=1S/C29H27F3N4O9/c1-36(2)17-10-16(35-27(43)34-13-3-5-14(6-4-13)45-29(30,31)32)22(38)20-15(17)8-11-7-12-9-18(37)21(26(33)42)25(41)28(12,44)24(40)19(11)23(20)39/h3-6,10-12,37-38,40,44H,7-9H2,1-2H3,(H2,33,42)(H2,34,35,43)/t11-,12+,28+/m1/s1. The number of amides is 3. The molecule has 0 aliphatic heterocycles. The maximum absolute atomic E-state index is 13.9. The van der Waals surface area contributed by atoms with Gasteiger partial charge in [0.2, 0.25) is 5.78 Å². The molecular weight excluding hydrogens is 605 g/mol. The summed E-state index contributed by atoms with van der Waals surface area (Å²) in [5.74, 6) is -8.32. The van der Waals surface area contributed by atoms with Gasteiger partial charge in [-0.05, 0) is 54.7 Å². The number of aliphatic hydroxyl groups is 3. The number of alkyl halides is 3. The number of nitrogens with zero attached hydrogens (tertiary/aromatic N) is 1. The van der Waals surface area contributed by atoms with E-state index in [2.05, 4.69) is 15.4 Å². The van der Waals surface area contributed by atoms with Gasteiger partial charge in [-0.25, -0.2) is 4.79 Å². The van der Waals surface area contributed by atoms with E-state index in [0.717, 1.165) is 24.3 Å². The normalized spacial score (nSPS) is 22.7. The molecule has 13 nitrogen and oxygen atoms in total. The molecule has 0 bridgehead atoms. The number of allylic oxidation sites excluding steroid dienone is 2. The van der Waals surface area contributed by atoms with E-state index in [9.17, 15) is 52.8 Å². The van der Waals surface area contributed by atoms with Crippen LogP contribution in [0.2, 0.25) is 0 Å². The van der Waals surface area contributed by atoms with Crippen molar-refractivity contribution in [1.29, 1.82) is 0 Å². The first-order valence-corrected chi connectivity index (χ1v) is 13.4. The summed E-state index contributed by atoms with van der Waals surface area (Å²) in [5, 5.41) is 48.9. The van der Waals surface area contributed by atoms with Gasteiger partial charge in [0.25, 0.3) is 5.91 Å². The van der Waals surface area contributed by atoms with Gasteiger partial charge in [0.15, 0.2) is 17.1 Å². The highest BCUT2D eigenvalue weighted by molar-refractivity contribution is 6.24. The highest BCUT2D eigenvalue weighted by Crippen LogP contribution is 2.53. The maximum Gasteiger partial charge on any atom is 0.573 e. The van der Waals surface area contributed by atoms with Gasteiger partial charge >= 0.3 is 12.4 Å². The number of fused-ring (bicyclic) bond motifs is 3. The Balaban J connectivity index is 1.50. The number of halogens is 3. The number of carbonyl (C=O) groups is 4. The Morgan fingerprint density at radius 2 is 1.71 bits per heavy atom. The van der Waals surface area contributed by atoms with Crippen LogP contribution >= 0.6 is 0 Å². The number of hydrogen-bond donors (Lipinski definition) is 7. The second kappa shape index (κ2) is 10.7. The maximum atomic E-state index is 13.9. The molecule has 0 saturated heterocycles. The molecule has 0 fully saturated rings. The van der Waals surface area contributed by atoms with E-state index < -0.39 is 75.9 Å². The number of phenolic OH excluding ortho intramolecular Hbond substituents is 1. The number of ketones is 2. The highest BCUT2D eigenvalue weighted by atomic mass is 19.4. The molecule has 3 amide bonds. The number of aromatic hydroxyl groups is 1. The summed E-state index contributed by atoms with van der Waals surface area (Å²) in [4.78, 5) is 53.3. The largest absolute Gasteiger partial charge is 0.573 e. The summed E-state index contributed by atoms with van der Waals surface area (Å²) >= 11 is 0. The summed E-state index contributed by atoms with van der Waals surface area (Å²) in [6.07, 6.45) is -5.27. The van der Waals surface area contributed by atoms with E-state index in [1.54, 1.807) is 19.0 Å². The lowest BCUT2D eigenvalue weighted by Gasteiger charge is -2.45. The van der Waals surface area contributed by atoms with Gasteiger partial charge < -0.3 is 46.4 Å². The minimum atomic E-state index is -4.90. The van der Waals surface area contributed by atoms with E-state index in [0.29, 0.717) is 11.3 Å². The molecule has 8 N–H and O–H groups in total. The average molecular weight is 633 g/mol. The number of anilines is 3. The Hall–Kier alpha value is -5.25. The predicted molar refractivity (Wildman–Crippen MR) is 151 cm³/mol. The van der Waals surface area contributed by atoms with Crippen LogP contribution in [0.15, 0.2) is 53.0 Å². The van der Waals surface area contributed by atoms with Crippen LogP contribution in [0.5, 0.6) is 11.5 Å². The number of aliphatic hydroxyl groups excluding tert-OH is 2. The molecule has 0 aromatic heterocycles. The van der Waals surface area contributed by atoms with Crippen molar-refractivity contribution in [2.75, 3.05) is 29.6 Å². The van der Waals surface area contributed by atoms with Crippen LogP contribution in [0, 0.1) is 11.8 Å². The van der Waals surface area contributed by atoms with Gasteiger partial charge in [-0.3, -0.25) is 14.4 Å². The number of ether oxygens (including phenoxy) is 1. The summed E-state index contributed by atoms with van der Waals surface area (Å²) in [6.45, 7) is 0. The third-order valence-corrected chi connectivity index (χ3v) is 8.11. The molecule has 0 radical (unpaired) electrons. The van der Waals surface area contributed by atoms with Crippen LogP contribution in [0.3, 0.4) is 0 Å². The number of rotatable bonds is 5. The molecule has 0 saturated carbocycles. The Morgan fingerprint density at radius 3 is 2.29 bits per heavy atom. The minimum absolute atomic E-state index is 0.0498. The van der Waals surface area contributed by atoms with E-state index in [4.69, 9.17) is 5.73 Å². The number of urea groups is 1. The number of nitrogens with two attached hydrogens (primary N) is 1. The first kappa shape index (κ1) is 31.2. The van der Waals surface area contributed by atoms with Gasteiger partial charge in [-0.2, -0.15) is 0 Å². The van der Waals surface area contributed by atoms with E-state index in [-0.39, 0.29) is 41.8 Å². The molecule has 0 spiro atoms. The van der Waals surface area contributed by atoms with Crippen LogP contribution in [-0.4, -0.2) is 70.0 Å². The second-order valence-corrected chi connectivity index (χ2v) is 11.1. The first-order chi connectivity index (χ1) is 20.9. The van der Waals surface area contributed by atoms with Gasteiger partial charge in [0.05, 0.1) is 11.3 Å². The fraction of sp³-hybridized carbons (Fsp3) is 0.310. The number of benzene rings is 2. The fourth-order valence-corrected chi connectivity index (χ4v) is 6.19. The highest BCUT2D eigenvalue weighted by Gasteiger charge is 2.59.